The van der Waals surface area contributed by atoms with E-state index in [4.69, 9.17) is 11.5 Å². The molecule has 8 N–H and O–H groups in total. The molecular weight excluding hydrogens is 240 g/mol. The van der Waals surface area contributed by atoms with E-state index >= 15 is 0 Å². The van der Waals surface area contributed by atoms with E-state index in [-0.39, 0.29) is 31.8 Å². The third kappa shape index (κ3) is 7.17. The lowest BCUT2D eigenvalue weighted by atomic mass is 10.1. The molecule has 0 spiro atoms. The molecule has 0 bridgehead atoms. The van der Waals surface area contributed by atoms with Crippen molar-refractivity contribution in [3.05, 3.63) is 0 Å². The minimum absolute atomic E-state index is 0.00633. The van der Waals surface area contributed by atoms with Gasteiger partial charge in [-0.3, -0.25) is 9.59 Å². The molecule has 0 fully saturated rings. The first-order valence-corrected chi connectivity index (χ1v) is 5.83. The van der Waals surface area contributed by atoms with Crippen molar-refractivity contribution >= 4 is 11.8 Å². The molecule has 0 saturated carbocycles. The molecule has 0 aromatic carbocycles. The summed E-state index contributed by atoms with van der Waals surface area (Å²) in [7, 11) is 0. The van der Waals surface area contributed by atoms with Gasteiger partial charge >= 0.3 is 0 Å². The molecule has 8 nitrogen and oxygen atoms in total. The van der Waals surface area contributed by atoms with Gasteiger partial charge in [0.25, 0.3) is 5.91 Å². The molecule has 0 heterocycles. The van der Waals surface area contributed by atoms with Crippen LogP contribution in [-0.2, 0) is 9.59 Å². The average molecular weight is 262 g/mol. The van der Waals surface area contributed by atoms with Gasteiger partial charge in [-0.1, -0.05) is 0 Å². The summed E-state index contributed by atoms with van der Waals surface area (Å²) in [5.41, 5.74) is 10.4. The lowest BCUT2D eigenvalue weighted by Gasteiger charge is -2.17. The number of carbonyl (C=O) groups is 2. The van der Waals surface area contributed by atoms with Crippen molar-refractivity contribution in [1.82, 2.24) is 10.6 Å². The molecule has 2 atom stereocenters. The van der Waals surface area contributed by atoms with E-state index in [1.54, 1.807) is 0 Å². The van der Waals surface area contributed by atoms with Gasteiger partial charge in [0.05, 0.1) is 6.10 Å². The van der Waals surface area contributed by atoms with Crippen molar-refractivity contribution in [2.24, 2.45) is 11.5 Å². The second-order valence-electron chi connectivity index (χ2n) is 3.77. The third-order valence-corrected chi connectivity index (χ3v) is 2.21. The Hall–Kier alpha value is -1.22. The number of aliphatic hydroxyl groups excluding tert-OH is 2. The van der Waals surface area contributed by atoms with Crippen LogP contribution in [0, 0.1) is 0 Å². The fourth-order valence-corrected chi connectivity index (χ4v) is 1.21. The van der Waals surface area contributed by atoms with Crippen molar-refractivity contribution in [2.45, 2.75) is 25.0 Å². The van der Waals surface area contributed by atoms with Crippen molar-refractivity contribution < 1.29 is 19.8 Å². The summed E-state index contributed by atoms with van der Waals surface area (Å²) in [5, 5.41) is 23.8. The van der Waals surface area contributed by atoms with Gasteiger partial charge in [0.1, 0.15) is 0 Å². The minimum atomic E-state index is -1.56. The van der Waals surface area contributed by atoms with Crippen LogP contribution in [-0.4, -0.2) is 60.4 Å². The molecular formula is C10H22N4O4. The number of nitrogens with two attached hydrogens (primary N) is 2. The third-order valence-electron chi connectivity index (χ3n) is 2.21. The minimum Gasteiger partial charge on any atom is -0.390 e. The molecule has 0 aliphatic carbocycles. The standard InChI is InChI=1S/C10H22N4O4/c11-3-5-13-8(16)2-1-7(15)9(17)10(18)14-6-4-12/h7,9,15,17H,1-6,11-12H2,(H,13,16)(H,14,18). The zero-order valence-corrected chi connectivity index (χ0v) is 10.3. The van der Waals surface area contributed by atoms with Gasteiger partial charge < -0.3 is 32.3 Å². The number of nitrogens with one attached hydrogen (secondary N) is 2. The van der Waals surface area contributed by atoms with Gasteiger partial charge in [0.2, 0.25) is 5.91 Å². The summed E-state index contributed by atoms with van der Waals surface area (Å²) in [6, 6.07) is 0. The Morgan fingerprint density at radius 1 is 1.06 bits per heavy atom. The van der Waals surface area contributed by atoms with Crippen LogP contribution in [0.25, 0.3) is 0 Å². The molecule has 106 valence electrons. The lowest BCUT2D eigenvalue weighted by Crippen LogP contribution is -2.44. The summed E-state index contributed by atoms with van der Waals surface area (Å²) in [4.78, 5) is 22.5. The van der Waals surface area contributed by atoms with E-state index in [0.717, 1.165) is 0 Å². The van der Waals surface area contributed by atoms with Gasteiger partial charge in [0, 0.05) is 32.6 Å². The van der Waals surface area contributed by atoms with Gasteiger partial charge in [-0.15, -0.1) is 0 Å². The van der Waals surface area contributed by atoms with Crippen molar-refractivity contribution in [3.63, 3.8) is 0 Å². The van der Waals surface area contributed by atoms with Gasteiger partial charge in [-0.05, 0) is 6.42 Å². The zero-order valence-electron chi connectivity index (χ0n) is 10.3. The first kappa shape index (κ1) is 16.8. The highest BCUT2D eigenvalue weighted by atomic mass is 16.3. The molecule has 0 saturated heterocycles. The summed E-state index contributed by atoms with van der Waals surface area (Å²) in [6.45, 7) is 1.16. The predicted octanol–water partition coefficient (Wildman–Crippen LogP) is -3.36. The highest BCUT2D eigenvalue weighted by Gasteiger charge is 2.24. The van der Waals surface area contributed by atoms with E-state index in [1.165, 1.54) is 0 Å². The molecule has 0 rings (SSSR count). The predicted molar refractivity (Wildman–Crippen MR) is 65.4 cm³/mol. The van der Waals surface area contributed by atoms with Crippen LogP contribution in [0.3, 0.4) is 0 Å². The summed E-state index contributed by atoms with van der Waals surface area (Å²) < 4.78 is 0. The highest BCUT2D eigenvalue weighted by Crippen LogP contribution is 2.03. The Bertz CT molecular complexity index is 262. The van der Waals surface area contributed by atoms with Crippen LogP contribution in [0.5, 0.6) is 0 Å². The summed E-state index contributed by atoms with van der Waals surface area (Å²) in [5.74, 6) is -0.982. The van der Waals surface area contributed by atoms with Crippen LogP contribution in [0.4, 0.5) is 0 Å². The monoisotopic (exact) mass is 262 g/mol. The number of hydrogen-bond donors (Lipinski definition) is 6. The number of amides is 2. The van der Waals surface area contributed by atoms with Crippen LogP contribution in [0.2, 0.25) is 0 Å². The molecule has 18 heavy (non-hydrogen) atoms. The second kappa shape index (κ2) is 9.77. The molecule has 0 radical (unpaired) electrons. The highest BCUT2D eigenvalue weighted by molar-refractivity contribution is 5.81. The maximum atomic E-state index is 11.3. The van der Waals surface area contributed by atoms with Gasteiger partial charge in [0.15, 0.2) is 6.10 Å². The Morgan fingerprint density at radius 3 is 2.17 bits per heavy atom. The maximum absolute atomic E-state index is 11.3. The van der Waals surface area contributed by atoms with E-state index < -0.39 is 18.1 Å². The van der Waals surface area contributed by atoms with Crippen molar-refractivity contribution in [1.29, 1.82) is 0 Å². The number of hydrogen-bond acceptors (Lipinski definition) is 6. The molecule has 0 aliphatic rings. The lowest BCUT2D eigenvalue weighted by molar-refractivity contribution is -0.136. The van der Waals surface area contributed by atoms with Gasteiger partial charge in [-0.25, -0.2) is 0 Å². The summed E-state index contributed by atoms with van der Waals surface area (Å²) >= 11 is 0. The smallest absolute Gasteiger partial charge is 0.251 e. The fraction of sp³-hybridized carbons (Fsp3) is 0.800. The molecule has 0 aromatic rings. The normalized spacial score (nSPS) is 13.8. The largest absolute Gasteiger partial charge is 0.390 e. The van der Waals surface area contributed by atoms with Crippen LogP contribution in [0.15, 0.2) is 0 Å². The first-order chi connectivity index (χ1) is 8.52. The van der Waals surface area contributed by atoms with Gasteiger partial charge in [-0.2, -0.15) is 0 Å². The first-order valence-electron chi connectivity index (χ1n) is 5.83. The molecule has 2 unspecified atom stereocenters. The van der Waals surface area contributed by atoms with E-state index in [9.17, 15) is 19.8 Å². The van der Waals surface area contributed by atoms with Crippen LogP contribution in [0.1, 0.15) is 12.8 Å². The molecule has 0 aromatic heterocycles. The van der Waals surface area contributed by atoms with Crippen LogP contribution >= 0.6 is 0 Å². The van der Waals surface area contributed by atoms with Crippen molar-refractivity contribution in [2.75, 3.05) is 26.2 Å². The number of aliphatic hydroxyl groups is 2. The SMILES string of the molecule is NCCNC(=O)CCC(O)C(O)C(=O)NCCN. The fourth-order valence-electron chi connectivity index (χ4n) is 1.21. The van der Waals surface area contributed by atoms with E-state index in [0.29, 0.717) is 13.1 Å². The van der Waals surface area contributed by atoms with Crippen molar-refractivity contribution in [3.8, 4) is 0 Å². The molecule has 2 amide bonds. The Kier molecular flexibility index (Phi) is 9.11. The Balaban J connectivity index is 3.89. The zero-order chi connectivity index (χ0) is 14.0. The van der Waals surface area contributed by atoms with E-state index in [1.807, 2.05) is 0 Å². The molecule has 0 aliphatic heterocycles. The second-order valence-corrected chi connectivity index (χ2v) is 3.77. The average Bonchev–Trinajstić information content (AvgIpc) is 2.38. The molecule has 8 heteroatoms. The maximum Gasteiger partial charge on any atom is 0.251 e. The van der Waals surface area contributed by atoms with Crippen LogP contribution < -0.4 is 22.1 Å². The summed E-state index contributed by atoms with van der Waals surface area (Å²) in [6.07, 6.45) is -2.83. The Labute approximate surface area is 106 Å². The van der Waals surface area contributed by atoms with E-state index in [2.05, 4.69) is 10.6 Å². The topological polar surface area (TPSA) is 151 Å². The quantitative estimate of drug-likeness (QED) is 0.255. The number of carbonyl (C=O) groups excluding carboxylic acids is 2. The Morgan fingerprint density at radius 2 is 1.61 bits per heavy atom. The number of rotatable bonds is 9.